The molecular weight excluding hydrogens is 140 g/mol. The zero-order valence-electron chi connectivity index (χ0n) is 7.32. The van der Waals surface area contributed by atoms with Gasteiger partial charge in [-0.25, -0.2) is 0 Å². The summed E-state index contributed by atoms with van der Waals surface area (Å²) in [6.45, 7) is 8.54. The van der Waals surface area contributed by atoms with Crippen molar-refractivity contribution in [2.24, 2.45) is 0 Å². The lowest BCUT2D eigenvalue weighted by Crippen LogP contribution is -1.96. The van der Waals surface area contributed by atoms with Gasteiger partial charge in [-0.2, -0.15) is 0 Å². The minimum atomic E-state index is 0.999. The molecule has 0 amide bonds. The maximum absolute atomic E-state index is 5.16. The lowest BCUT2D eigenvalue weighted by Gasteiger charge is -2.04. The van der Waals surface area contributed by atoms with Crippen LogP contribution in [0, 0.1) is 0 Å². The molecule has 0 saturated carbocycles. The van der Waals surface area contributed by atoms with Crippen molar-refractivity contribution < 1.29 is 0 Å². The second-order valence-electron chi connectivity index (χ2n) is 2.54. The Kier molecular flexibility index (Phi) is 4.54. The van der Waals surface area contributed by atoms with Crippen LogP contribution in [0.2, 0.25) is 0 Å². The first-order valence-corrected chi connectivity index (χ1v) is 4.23. The zero-order chi connectivity index (χ0) is 8.15. The van der Waals surface area contributed by atoms with Gasteiger partial charge in [-0.1, -0.05) is 31.6 Å². The van der Waals surface area contributed by atoms with Crippen LogP contribution in [-0.2, 0) is 0 Å². The molecule has 0 aromatic heterocycles. The Morgan fingerprint density at radius 3 is 1.90 bits per heavy atom. The summed E-state index contributed by atoms with van der Waals surface area (Å²) in [6, 6.07) is 0. The summed E-state index contributed by atoms with van der Waals surface area (Å²) in [5.74, 6) is 0. The summed E-state index contributed by atoms with van der Waals surface area (Å²) in [6.07, 6.45) is 2.12. The van der Waals surface area contributed by atoms with Crippen LogP contribution in [0.4, 0.5) is 0 Å². The molecule has 0 bridgehead atoms. The highest BCUT2D eigenvalue weighted by atomic mass is 32.1. The van der Waals surface area contributed by atoms with Crippen molar-refractivity contribution in [3.63, 3.8) is 0 Å². The molecule has 10 heavy (non-hydrogen) atoms. The van der Waals surface area contributed by atoms with Gasteiger partial charge in [-0.05, 0) is 32.3 Å². The van der Waals surface area contributed by atoms with Crippen molar-refractivity contribution in [3.05, 3.63) is 11.1 Å². The third kappa shape index (κ3) is 2.61. The number of thiocarbonyl (C=S) groups is 1. The fourth-order valence-corrected chi connectivity index (χ4v) is 0.943. The number of hydrogen-bond donors (Lipinski definition) is 0. The highest BCUT2D eigenvalue weighted by molar-refractivity contribution is 7.80. The van der Waals surface area contributed by atoms with E-state index in [1.807, 2.05) is 0 Å². The highest BCUT2D eigenvalue weighted by Crippen LogP contribution is 2.10. The van der Waals surface area contributed by atoms with Crippen LogP contribution in [0.15, 0.2) is 11.1 Å². The van der Waals surface area contributed by atoms with Crippen LogP contribution in [0.5, 0.6) is 0 Å². The Hall–Kier alpha value is -0.170. The van der Waals surface area contributed by atoms with Gasteiger partial charge in [0.25, 0.3) is 0 Å². The molecular formula is C9H16S. The van der Waals surface area contributed by atoms with Crippen molar-refractivity contribution in [2.75, 3.05) is 0 Å². The van der Waals surface area contributed by atoms with E-state index in [0.717, 1.165) is 17.7 Å². The molecule has 0 unspecified atom stereocenters. The van der Waals surface area contributed by atoms with Crippen LogP contribution < -0.4 is 0 Å². The van der Waals surface area contributed by atoms with Crippen molar-refractivity contribution in [3.8, 4) is 0 Å². The highest BCUT2D eigenvalue weighted by Gasteiger charge is 1.98. The SMILES string of the molecule is CCC(=S)C(C)=C(C)CC. The van der Waals surface area contributed by atoms with Gasteiger partial charge in [-0.15, -0.1) is 0 Å². The first-order chi connectivity index (χ1) is 4.63. The molecule has 0 rings (SSSR count). The first kappa shape index (κ1) is 9.83. The first-order valence-electron chi connectivity index (χ1n) is 3.83. The van der Waals surface area contributed by atoms with Gasteiger partial charge in [0.05, 0.1) is 0 Å². The average Bonchev–Trinajstić information content (AvgIpc) is 2.00. The van der Waals surface area contributed by atoms with E-state index >= 15 is 0 Å². The third-order valence-electron chi connectivity index (χ3n) is 1.91. The average molecular weight is 156 g/mol. The Bertz CT molecular complexity index is 154. The molecule has 0 N–H and O–H groups in total. The summed E-state index contributed by atoms with van der Waals surface area (Å²) in [7, 11) is 0. The summed E-state index contributed by atoms with van der Waals surface area (Å²) in [5, 5.41) is 0. The standard InChI is InChI=1S/C9H16S/c1-5-7(3)8(4)9(10)6-2/h5-6H2,1-4H3. The van der Waals surface area contributed by atoms with E-state index < -0.39 is 0 Å². The molecule has 1 heteroatoms. The lowest BCUT2D eigenvalue weighted by molar-refractivity contribution is 1.07. The third-order valence-corrected chi connectivity index (χ3v) is 2.50. The minimum absolute atomic E-state index is 0.999. The van der Waals surface area contributed by atoms with Crippen LogP contribution in [0.1, 0.15) is 40.5 Å². The van der Waals surface area contributed by atoms with Crippen LogP contribution in [0.25, 0.3) is 0 Å². The van der Waals surface area contributed by atoms with Gasteiger partial charge >= 0.3 is 0 Å². The van der Waals surface area contributed by atoms with Crippen LogP contribution in [-0.4, -0.2) is 4.86 Å². The molecule has 0 aliphatic carbocycles. The second kappa shape index (κ2) is 4.62. The van der Waals surface area contributed by atoms with Crippen LogP contribution >= 0.6 is 12.2 Å². The molecule has 0 radical (unpaired) electrons. The Balaban J connectivity index is 4.30. The maximum atomic E-state index is 5.16. The minimum Gasteiger partial charge on any atom is -0.0846 e. The summed E-state index contributed by atoms with van der Waals surface area (Å²) in [4.78, 5) is 1.11. The van der Waals surface area contributed by atoms with Crippen LogP contribution in [0.3, 0.4) is 0 Å². The van der Waals surface area contributed by atoms with E-state index in [1.54, 1.807) is 0 Å². The summed E-state index contributed by atoms with van der Waals surface area (Å²) >= 11 is 5.16. The summed E-state index contributed by atoms with van der Waals surface area (Å²) in [5.41, 5.74) is 2.74. The molecule has 0 aromatic carbocycles. The number of rotatable bonds is 3. The molecule has 0 saturated heterocycles. The quantitative estimate of drug-likeness (QED) is 0.445. The Labute approximate surface area is 69.3 Å². The largest absolute Gasteiger partial charge is 0.0846 e. The van der Waals surface area contributed by atoms with E-state index in [-0.39, 0.29) is 0 Å². The molecule has 58 valence electrons. The number of allylic oxidation sites excluding steroid dienone is 2. The van der Waals surface area contributed by atoms with Gasteiger partial charge in [0, 0.05) is 4.86 Å². The van der Waals surface area contributed by atoms with Gasteiger partial charge in [0.1, 0.15) is 0 Å². The maximum Gasteiger partial charge on any atom is 0.0178 e. The molecule has 0 aromatic rings. The predicted octanol–water partition coefficient (Wildman–Crippen LogP) is 3.51. The van der Waals surface area contributed by atoms with Gasteiger partial charge in [0.15, 0.2) is 0 Å². The molecule has 0 atom stereocenters. The fraction of sp³-hybridized carbons (Fsp3) is 0.667. The summed E-state index contributed by atoms with van der Waals surface area (Å²) < 4.78 is 0. The topological polar surface area (TPSA) is 0 Å². The molecule has 0 heterocycles. The van der Waals surface area contributed by atoms with Crippen molar-refractivity contribution in [1.82, 2.24) is 0 Å². The fourth-order valence-electron chi connectivity index (χ4n) is 0.768. The zero-order valence-corrected chi connectivity index (χ0v) is 8.14. The predicted molar refractivity (Wildman–Crippen MR) is 51.6 cm³/mol. The molecule has 0 spiro atoms. The van der Waals surface area contributed by atoms with Crippen molar-refractivity contribution in [2.45, 2.75) is 40.5 Å². The van der Waals surface area contributed by atoms with Crippen molar-refractivity contribution in [1.29, 1.82) is 0 Å². The lowest BCUT2D eigenvalue weighted by atomic mass is 10.0. The van der Waals surface area contributed by atoms with E-state index in [1.165, 1.54) is 11.1 Å². The van der Waals surface area contributed by atoms with E-state index in [9.17, 15) is 0 Å². The monoisotopic (exact) mass is 156 g/mol. The van der Waals surface area contributed by atoms with Gasteiger partial charge in [-0.3, -0.25) is 0 Å². The van der Waals surface area contributed by atoms with Gasteiger partial charge in [0.2, 0.25) is 0 Å². The molecule has 0 aliphatic heterocycles. The Morgan fingerprint density at radius 1 is 1.10 bits per heavy atom. The molecule has 0 aliphatic rings. The second-order valence-corrected chi connectivity index (χ2v) is 3.03. The number of hydrogen-bond acceptors (Lipinski definition) is 1. The smallest absolute Gasteiger partial charge is 0.0178 e. The van der Waals surface area contributed by atoms with Gasteiger partial charge < -0.3 is 0 Å². The Morgan fingerprint density at radius 2 is 1.60 bits per heavy atom. The normalized spacial score (nSPS) is 12.8. The van der Waals surface area contributed by atoms with E-state index in [2.05, 4.69) is 27.7 Å². The van der Waals surface area contributed by atoms with E-state index in [4.69, 9.17) is 12.2 Å². The molecule has 0 fully saturated rings. The van der Waals surface area contributed by atoms with Crippen molar-refractivity contribution >= 4 is 17.1 Å². The van der Waals surface area contributed by atoms with E-state index in [0.29, 0.717) is 0 Å². The molecule has 0 nitrogen and oxygen atoms in total.